The Morgan fingerprint density at radius 3 is 1.04 bits per heavy atom. The summed E-state index contributed by atoms with van der Waals surface area (Å²) in [7, 11) is -3.66. The van der Waals surface area contributed by atoms with Gasteiger partial charge in [0.05, 0.1) is 0 Å². The Bertz CT molecular complexity index is 586. The fourth-order valence-electron chi connectivity index (χ4n) is 9.67. The smallest absolute Gasteiger partial charge is 0.216 e. The number of hydrogen-bond donors (Lipinski definition) is 1. The lowest BCUT2D eigenvalue weighted by molar-refractivity contribution is -0.137. The van der Waals surface area contributed by atoms with Crippen molar-refractivity contribution in [1.29, 1.82) is 0 Å². The van der Waals surface area contributed by atoms with E-state index in [-0.39, 0.29) is 11.1 Å². The van der Waals surface area contributed by atoms with Gasteiger partial charge in [-0.15, -0.1) is 0 Å². The maximum atomic E-state index is 13.1. The van der Waals surface area contributed by atoms with Gasteiger partial charge in [-0.25, -0.2) is 5.14 Å². The minimum atomic E-state index is -3.66. The molecule has 5 heteroatoms. The maximum Gasteiger partial charge on any atom is 0.277 e. The van der Waals surface area contributed by atoms with Gasteiger partial charge < -0.3 is 0 Å². The van der Waals surface area contributed by atoms with E-state index in [1.165, 1.54) is 38.5 Å². The minimum absolute atomic E-state index is 0.131. The van der Waals surface area contributed by atoms with E-state index >= 15 is 0 Å². The van der Waals surface area contributed by atoms with Crippen LogP contribution in [0, 0.1) is 35.5 Å². The fourth-order valence-corrected chi connectivity index (χ4v) is 11.2. The van der Waals surface area contributed by atoms with Gasteiger partial charge in [0.15, 0.2) is 0 Å². The van der Waals surface area contributed by atoms with E-state index in [1.54, 1.807) is 0 Å². The van der Waals surface area contributed by atoms with Gasteiger partial charge in [0.2, 0.25) is 0 Å². The van der Waals surface area contributed by atoms with Gasteiger partial charge >= 0.3 is 0 Å². The molecule has 25 heavy (non-hydrogen) atoms. The highest BCUT2D eigenvalue weighted by Gasteiger charge is 2.64. The lowest BCUT2D eigenvalue weighted by Gasteiger charge is -2.67. The van der Waals surface area contributed by atoms with Crippen LogP contribution in [0.25, 0.3) is 0 Å². The Labute approximate surface area is 152 Å². The van der Waals surface area contributed by atoms with Crippen molar-refractivity contribution in [3.05, 3.63) is 0 Å². The van der Waals surface area contributed by atoms with Gasteiger partial charge in [-0.1, -0.05) is 0 Å². The number of nitrogens with two attached hydrogens (primary N) is 1. The van der Waals surface area contributed by atoms with Crippen LogP contribution in [0.5, 0.6) is 0 Å². The number of nitrogens with zero attached hydrogens (tertiary/aromatic N) is 1. The Morgan fingerprint density at radius 1 is 0.600 bits per heavy atom. The molecule has 8 saturated carbocycles. The van der Waals surface area contributed by atoms with Gasteiger partial charge in [-0.05, 0) is 113 Å². The molecule has 0 radical (unpaired) electrons. The highest BCUT2D eigenvalue weighted by molar-refractivity contribution is 7.86. The van der Waals surface area contributed by atoms with E-state index in [0.29, 0.717) is 0 Å². The molecule has 8 bridgehead atoms. The van der Waals surface area contributed by atoms with Crippen LogP contribution in [0.4, 0.5) is 0 Å². The van der Waals surface area contributed by atoms with Gasteiger partial charge in [0, 0.05) is 11.1 Å². The Morgan fingerprint density at radius 2 is 0.840 bits per heavy atom. The van der Waals surface area contributed by atoms with Crippen molar-refractivity contribution >= 4 is 10.2 Å². The first-order valence-electron chi connectivity index (χ1n) is 10.7. The van der Waals surface area contributed by atoms with Crippen LogP contribution in [0.15, 0.2) is 0 Å². The second-order valence-corrected chi connectivity index (χ2v) is 12.5. The van der Waals surface area contributed by atoms with Crippen LogP contribution in [-0.2, 0) is 10.2 Å². The molecule has 0 aromatic heterocycles. The average Bonchev–Trinajstić information content (AvgIpc) is 2.41. The first-order chi connectivity index (χ1) is 11.8. The summed E-state index contributed by atoms with van der Waals surface area (Å²) in [5.41, 5.74) is -0.262. The van der Waals surface area contributed by atoms with E-state index in [2.05, 4.69) is 0 Å². The third-order valence-corrected chi connectivity index (χ3v) is 10.4. The molecule has 0 amide bonds. The van der Waals surface area contributed by atoms with Gasteiger partial charge in [-0.2, -0.15) is 12.7 Å². The van der Waals surface area contributed by atoms with Crippen LogP contribution in [-0.4, -0.2) is 23.8 Å². The van der Waals surface area contributed by atoms with Crippen molar-refractivity contribution in [2.24, 2.45) is 40.6 Å². The highest BCUT2D eigenvalue weighted by atomic mass is 32.2. The molecule has 0 unspecified atom stereocenters. The third kappa shape index (κ3) is 2.21. The monoisotopic (exact) mass is 364 g/mol. The van der Waals surface area contributed by atoms with Crippen LogP contribution < -0.4 is 5.14 Å². The highest BCUT2D eigenvalue weighted by Crippen LogP contribution is 2.64. The predicted octanol–water partition coefficient (Wildman–Crippen LogP) is 3.43. The van der Waals surface area contributed by atoms with Crippen molar-refractivity contribution in [2.75, 3.05) is 0 Å². The summed E-state index contributed by atoms with van der Waals surface area (Å²) in [6, 6.07) is 0. The van der Waals surface area contributed by atoms with Crippen LogP contribution >= 0.6 is 0 Å². The van der Waals surface area contributed by atoms with Crippen LogP contribution in [0.3, 0.4) is 0 Å². The molecule has 0 atom stereocenters. The number of hydrogen-bond acceptors (Lipinski definition) is 2. The van der Waals surface area contributed by atoms with Crippen LogP contribution in [0.1, 0.15) is 77.0 Å². The molecule has 8 fully saturated rings. The zero-order chi connectivity index (χ0) is 17.0. The number of rotatable bonds is 3. The van der Waals surface area contributed by atoms with E-state index in [4.69, 9.17) is 5.14 Å². The average molecular weight is 365 g/mol. The summed E-state index contributed by atoms with van der Waals surface area (Å²) < 4.78 is 28.1. The maximum absolute atomic E-state index is 13.1. The van der Waals surface area contributed by atoms with E-state index in [9.17, 15) is 8.42 Å². The molecule has 140 valence electrons. The predicted molar refractivity (Wildman–Crippen MR) is 96.8 cm³/mol. The molecule has 8 aliphatic rings. The largest absolute Gasteiger partial charge is 0.277 e. The van der Waals surface area contributed by atoms with Crippen molar-refractivity contribution in [3.8, 4) is 0 Å². The van der Waals surface area contributed by atoms with E-state index < -0.39 is 10.2 Å². The molecule has 0 aliphatic heterocycles. The standard InChI is InChI=1S/C20H32N2O2S/c21-25(23,24)22(19-7-13-1-14(8-19)3-15(2-13)9-19)20-10-16-4-17(11-20)6-18(5-16)12-20/h13-18H,1-12H2,(H2,21,23,24). The normalized spacial score (nSPS) is 56.1. The molecule has 4 nitrogen and oxygen atoms in total. The summed E-state index contributed by atoms with van der Waals surface area (Å²) in [5.74, 6) is 4.52. The van der Waals surface area contributed by atoms with Crippen molar-refractivity contribution in [2.45, 2.75) is 88.1 Å². The second-order valence-electron chi connectivity index (χ2n) is 11.1. The minimum Gasteiger partial charge on any atom is -0.216 e. The Hall–Kier alpha value is -0.130. The van der Waals surface area contributed by atoms with E-state index in [0.717, 1.165) is 74.0 Å². The summed E-state index contributed by atoms with van der Waals surface area (Å²) in [5, 5.41) is 6.02. The van der Waals surface area contributed by atoms with Gasteiger partial charge in [-0.3, -0.25) is 0 Å². The molecule has 0 aromatic carbocycles. The first-order valence-corrected chi connectivity index (χ1v) is 12.2. The Kier molecular flexibility index (Phi) is 3.07. The fraction of sp³-hybridized carbons (Fsp3) is 1.00. The van der Waals surface area contributed by atoms with Crippen LogP contribution in [0.2, 0.25) is 0 Å². The molecule has 8 rings (SSSR count). The molecule has 2 N–H and O–H groups in total. The molecule has 0 saturated heterocycles. The van der Waals surface area contributed by atoms with E-state index in [1.807, 2.05) is 4.31 Å². The molecular weight excluding hydrogens is 332 g/mol. The molecular formula is C20H32N2O2S. The molecule has 0 spiro atoms. The second kappa shape index (κ2) is 4.82. The Balaban J connectivity index is 1.46. The van der Waals surface area contributed by atoms with Crippen molar-refractivity contribution in [1.82, 2.24) is 4.31 Å². The SMILES string of the molecule is NS(=O)(=O)N(C12CC3CC(CC(C3)C1)C2)C12CC3CC(CC(C3)C1)C2. The van der Waals surface area contributed by atoms with Crippen molar-refractivity contribution in [3.63, 3.8) is 0 Å². The summed E-state index contributed by atoms with van der Waals surface area (Å²) in [6.07, 6.45) is 14.6. The topological polar surface area (TPSA) is 63.4 Å². The molecule has 8 aliphatic carbocycles. The third-order valence-electron chi connectivity index (χ3n) is 9.13. The quantitative estimate of drug-likeness (QED) is 0.834. The van der Waals surface area contributed by atoms with Gasteiger partial charge in [0.1, 0.15) is 0 Å². The van der Waals surface area contributed by atoms with Crippen molar-refractivity contribution < 1.29 is 8.42 Å². The zero-order valence-electron chi connectivity index (χ0n) is 15.2. The summed E-state index contributed by atoms with van der Waals surface area (Å²) in [6.45, 7) is 0. The molecule has 0 heterocycles. The van der Waals surface area contributed by atoms with Gasteiger partial charge in [0.25, 0.3) is 10.2 Å². The first kappa shape index (κ1) is 15.9. The summed E-state index contributed by atoms with van der Waals surface area (Å²) >= 11 is 0. The summed E-state index contributed by atoms with van der Waals surface area (Å²) in [4.78, 5) is 0. The lowest BCUT2D eigenvalue weighted by atomic mass is 9.49. The molecule has 0 aromatic rings. The zero-order valence-corrected chi connectivity index (χ0v) is 16.0. The lowest BCUT2D eigenvalue weighted by Crippen LogP contribution is -2.72.